The Morgan fingerprint density at radius 1 is 1.28 bits per heavy atom. The summed E-state index contributed by atoms with van der Waals surface area (Å²) in [6.45, 7) is 4.22. The second-order valence-electron chi connectivity index (χ2n) is 6.49. The summed E-state index contributed by atoms with van der Waals surface area (Å²) in [5, 5.41) is 24.8. The Morgan fingerprint density at radius 3 is 2.60 bits per heavy atom. The number of rotatable bonds is 9. The molecule has 0 bridgehead atoms. The van der Waals surface area contributed by atoms with Crippen molar-refractivity contribution in [3.8, 4) is 0 Å². The number of halogens is 1. The molecule has 132 valence electrons. The van der Waals surface area contributed by atoms with Gasteiger partial charge in [0.15, 0.2) is 0 Å². The van der Waals surface area contributed by atoms with Crippen LogP contribution in [0.3, 0.4) is 0 Å². The number of aliphatic hydroxyl groups is 1. The molecule has 0 aliphatic heterocycles. The fourth-order valence-electron chi connectivity index (χ4n) is 2.81. The molecule has 0 spiro atoms. The number of nitrogens with zero attached hydrogens (tertiary/aromatic N) is 1. The van der Waals surface area contributed by atoms with Gasteiger partial charge < -0.3 is 0 Å². The summed E-state index contributed by atoms with van der Waals surface area (Å²) in [4.78, 5) is 0. The van der Waals surface area contributed by atoms with Crippen LogP contribution in [0, 0.1) is 16.4 Å². The Labute approximate surface area is 146 Å². The monoisotopic (exact) mass is 346 g/mol. The molecule has 7 nitrogen and oxygen atoms in total. The maximum absolute atomic E-state index is 14.0. The van der Waals surface area contributed by atoms with Crippen molar-refractivity contribution in [1.29, 1.82) is 10.6 Å². The zero-order valence-corrected chi connectivity index (χ0v) is 14.3. The first-order valence-corrected chi connectivity index (χ1v) is 7.78. The first kappa shape index (κ1) is 19.1. The first-order valence-electron chi connectivity index (χ1n) is 7.78. The third kappa shape index (κ3) is 4.25. The van der Waals surface area contributed by atoms with E-state index in [2.05, 4.69) is 0 Å². The van der Waals surface area contributed by atoms with Crippen molar-refractivity contribution >= 4 is 31.1 Å². The molecule has 1 atom stereocenters. The number of nitrogen functional groups attached to an aromatic ring is 1. The molecule has 10 heteroatoms. The van der Waals surface area contributed by atoms with E-state index in [1.165, 1.54) is 6.07 Å². The Morgan fingerprint density at radius 2 is 1.96 bits per heavy atom. The van der Waals surface area contributed by atoms with Crippen molar-refractivity contribution in [3.63, 3.8) is 0 Å². The van der Waals surface area contributed by atoms with E-state index >= 15 is 0 Å². The molecule has 1 aromatic heterocycles. The molecule has 0 amide bonds. The van der Waals surface area contributed by atoms with Gasteiger partial charge in [0.1, 0.15) is 0 Å². The number of aliphatic hydroxyl groups excluding tert-OH is 1. The molecule has 0 saturated carbocycles. The van der Waals surface area contributed by atoms with E-state index in [0.29, 0.717) is 5.52 Å². The number of benzene rings is 1. The van der Waals surface area contributed by atoms with Crippen molar-refractivity contribution < 1.29 is 18.8 Å². The number of anilines is 1. The van der Waals surface area contributed by atoms with Crippen LogP contribution in [0.5, 0.6) is 0 Å². The Balaban J connectivity index is 2.52. The molecular weight excluding hydrogens is 325 g/mol. The van der Waals surface area contributed by atoms with E-state index in [1.807, 2.05) is 19.9 Å². The van der Waals surface area contributed by atoms with Crippen LogP contribution in [0.15, 0.2) is 18.2 Å². The topological polar surface area (TPSA) is 117 Å². The van der Waals surface area contributed by atoms with E-state index in [0.717, 1.165) is 25.6 Å². The normalized spacial score (nSPS) is 12.5. The molecule has 0 radical (unpaired) electrons. The third-order valence-corrected chi connectivity index (χ3v) is 4.01. The standard InChI is InChI=1S/C15H21B2FN4O3/c1-15(2,8-25-17-21)14-4-9-3-12(19)11(18)5-13(9)22(14)6-10(23)7-24-16-20/h3-5,10,20-21,23H,6-8,19H2,1-2H3. The van der Waals surface area contributed by atoms with Crippen LogP contribution in [-0.2, 0) is 21.3 Å². The van der Waals surface area contributed by atoms with Crippen LogP contribution in [0.25, 0.3) is 10.9 Å². The van der Waals surface area contributed by atoms with Crippen molar-refractivity contribution in [1.82, 2.24) is 4.57 Å². The second-order valence-corrected chi connectivity index (χ2v) is 6.49. The summed E-state index contributed by atoms with van der Waals surface area (Å²) < 4.78 is 25.7. The minimum absolute atomic E-state index is 0.0442. The van der Waals surface area contributed by atoms with Gasteiger partial charge in [0.05, 0.1) is 0 Å². The van der Waals surface area contributed by atoms with Gasteiger partial charge in [0.25, 0.3) is 0 Å². The van der Waals surface area contributed by atoms with Crippen LogP contribution in [0.2, 0.25) is 0 Å². The molecule has 0 aliphatic rings. The van der Waals surface area contributed by atoms with E-state index in [9.17, 15) is 9.50 Å². The molecule has 25 heavy (non-hydrogen) atoms. The predicted octanol–water partition coefficient (Wildman–Crippen LogP) is 1.80. The number of nitrogens with one attached hydrogen (secondary N) is 2. The van der Waals surface area contributed by atoms with Crippen molar-refractivity contribution in [2.24, 2.45) is 0 Å². The number of nitrogens with two attached hydrogens (primary N) is 1. The molecule has 0 fully saturated rings. The van der Waals surface area contributed by atoms with E-state index in [1.54, 1.807) is 10.6 Å². The van der Waals surface area contributed by atoms with Gasteiger partial charge in [-0.2, -0.15) is 0 Å². The molecule has 1 heterocycles. The molecule has 0 aliphatic carbocycles. The van der Waals surface area contributed by atoms with E-state index < -0.39 is 17.3 Å². The zero-order valence-electron chi connectivity index (χ0n) is 14.3. The number of hydrogen-bond donors (Lipinski definition) is 4. The average molecular weight is 346 g/mol. The van der Waals surface area contributed by atoms with Gasteiger partial charge >= 0.3 is 146 Å². The zero-order chi connectivity index (χ0) is 18.6. The fourth-order valence-corrected chi connectivity index (χ4v) is 2.81. The first-order chi connectivity index (χ1) is 11.8. The summed E-state index contributed by atoms with van der Waals surface area (Å²) in [6, 6.07) is 4.77. The molecular formula is C15H21B2FN4O3. The Bertz CT molecular complexity index is 782. The molecule has 2 rings (SSSR count). The maximum atomic E-state index is 14.0. The summed E-state index contributed by atoms with van der Waals surface area (Å²) in [5.41, 5.74) is 6.63. The van der Waals surface area contributed by atoms with Crippen LogP contribution < -0.4 is 5.73 Å². The van der Waals surface area contributed by atoms with Gasteiger partial charge in [0.2, 0.25) is 0 Å². The van der Waals surface area contributed by atoms with Crippen LogP contribution in [0.4, 0.5) is 10.1 Å². The van der Waals surface area contributed by atoms with Crippen molar-refractivity contribution in [2.75, 3.05) is 18.9 Å². The minimum atomic E-state index is -0.879. The second kappa shape index (κ2) is 7.77. The van der Waals surface area contributed by atoms with Crippen molar-refractivity contribution in [3.05, 3.63) is 29.7 Å². The number of aromatic nitrogens is 1. The average Bonchev–Trinajstić information content (AvgIpc) is 2.90. The summed E-state index contributed by atoms with van der Waals surface area (Å²) >= 11 is 0. The molecule has 1 aromatic carbocycles. The summed E-state index contributed by atoms with van der Waals surface area (Å²) in [6.07, 6.45) is -0.879. The van der Waals surface area contributed by atoms with Gasteiger partial charge in [-0.25, -0.2) is 0 Å². The number of fused-ring (bicyclic) bond motifs is 1. The predicted molar refractivity (Wildman–Crippen MR) is 94.2 cm³/mol. The molecule has 5 N–H and O–H groups in total. The third-order valence-electron chi connectivity index (χ3n) is 4.01. The van der Waals surface area contributed by atoms with Crippen LogP contribution >= 0.6 is 0 Å². The number of hydrogen-bond acceptors (Lipinski definition) is 6. The van der Waals surface area contributed by atoms with Gasteiger partial charge in [-0.05, 0) is 0 Å². The van der Waals surface area contributed by atoms with Crippen LogP contribution in [0.1, 0.15) is 19.5 Å². The van der Waals surface area contributed by atoms with Gasteiger partial charge in [-0.15, -0.1) is 0 Å². The van der Waals surface area contributed by atoms with E-state index in [4.69, 9.17) is 25.7 Å². The Hall–Kier alpha value is -2.22. The van der Waals surface area contributed by atoms with E-state index in [-0.39, 0.29) is 25.4 Å². The molecule has 2 aromatic rings. The molecule has 1 unspecified atom stereocenters. The van der Waals surface area contributed by atoms with Gasteiger partial charge in [0, 0.05) is 0 Å². The quantitative estimate of drug-likeness (QED) is 0.409. The van der Waals surface area contributed by atoms with Gasteiger partial charge in [-0.1, -0.05) is 0 Å². The Kier molecular flexibility index (Phi) is 5.94. The fraction of sp³-hybridized carbons (Fsp3) is 0.467. The summed E-state index contributed by atoms with van der Waals surface area (Å²) in [7, 11) is 1.64. The molecule has 0 saturated heterocycles. The SMILES string of the molecule is CC(C)(COB=N)c1cc2cc(N)c(F)cc2n1CC(O)COB=N. The van der Waals surface area contributed by atoms with Crippen LogP contribution in [-0.4, -0.2) is 43.5 Å². The van der Waals surface area contributed by atoms with Crippen molar-refractivity contribution in [2.45, 2.75) is 31.9 Å². The summed E-state index contributed by atoms with van der Waals surface area (Å²) in [5.74, 6) is -0.530. The van der Waals surface area contributed by atoms with Gasteiger partial charge in [-0.3, -0.25) is 0 Å².